The summed E-state index contributed by atoms with van der Waals surface area (Å²) in [4.78, 5) is 44.9. The Morgan fingerprint density at radius 1 is 1.00 bits per heavy atom. The summed E-state index contributed by atoms with van der Waals surface area (Å²) >= 11 is 6.21. The quantitative estimate of drug-likeness (QED) is 0.417. The molecule has 0 aliphatic carbocycles. The minimum Gasteiger partial charge on any atom is -0.465 e. The highest BCUT2D eigenvalue weighted by atomic mass is 35.5. The zero-order valence-corrected chi connectivity index (χ0v) is 20.6. The van der Waals surface area contributed by atoms with E-state index in [1.807, 2.05) is 39.8 Å². The Hall–Kier alpha value is -4.37. The normalized spacial score (nSPS) is 13.5. The average Bonchev–Trinajstić information content (AvgIpc) is 2.93. The van der Waals surface area contributed by atoms with Gasteiger partial charge >= 0.3 is 6.09 Å². The van der Waals surface area contributed by atoms with Crippen molar-refractivity contribution in [2.45, 2.75) is 6.54 Å². The monoisotopic (exact) mass is 517 g/mol. The predicted octanol–water partition coefficient (Wildman–Crippen LogP) is 3.77. The summed E-state index contributed by atoms with van der Waals surface area (Å²) < 4.78 is 1.89. The summed E-state index contributed by atoms with van der Waals surface area (Å²) in [5, 5.41) is 13.0. The number of carbonyl (C=O) groups is 2. The van der Waals surface area contributed by atoms with Crippen LogP contribution in [0.5, 0.6) is 0 Å². The van der Waals surface area contributed by atoms with Gasteiger partial charge in [0.1, 0.15) is 5.82 Å². The molecule has 37 heavy (non-hydrogen) atoms. The lowest BCUT2D eigenvalue weighted by molar-refractivity contribution is 0.0950. The molecule has 0 saturated carbocycles. The molecule has 4 aromatic rings. The van der Waals surface area contributed by atoms with E-state index in [2.05, 4.69) is 10.3 Å². The molecule has 3 heterocycles. The topological polar surface area (TPSA) is 108 Å². The van der Waals surface area contributed by atoms with E-state index in [1.165, 1.54) is 11.1 Å². The summed E-state index contributed by atoms with van der Waals surface area (Å²) in [5.74, 6) is 0.331. The molecule has 5 rings (SSSR count). The lowest BCUT2D eigenvalue weighted by atomic mass is 10.1. The van der Waals surface area contributed by atoms with Crippen molar-refractivity contribution in [3.05, 3.63) is 99.4 Å². The van der Waals surface area contributed by atoms with Gasteiger partial charge in [0, 0.05) is 66.8 Å². The van der Waals surface area contributed by atoms with Crippen LogP contribution in [-0.4, -0.2) is 57.7 Å². The Morgan fingerprint density at radius 2 is 1.76 bits per heavy atom. The van der Waals surface area contributed by atoms with E-state index in [-0.39, 0.29) is 17.9 Å². The maximum absolute atomic E-state index is 13.2. The van der Waals surface area contributed by atoms with Crippen molar-refractivity contribution in [3.8, 4) is 5.69 Å². The summed E-state index contributed by atoms with van der Waals surface area (Å²) in [5.41, 5.74) is 2.18. The number of nitrogens with one attached hydrogen (secondary N) is 1. The second-order valence-electron chi connectivity index (χ2n) is 8.69. The Balaban J connectivity index is 1.33. The van der Waals surface area contributed by atoms with Crippen LogP contribution in [0.15, 0.2) is 77.9 Å². The van der Waals surface area contributed by atoms with Gasteiger partial charge in [0.15, 0.2) is 5.43 Å². The molecule has 9 nitrogen and oxygen atoms in total. The number of halogens is 1. The number of anilines is 1. The van der Waals surface area contributed by atoms with E-state index in [1.54, 1.807) is 36.5 Å². The molecule has 0 unspecified atom stereocenters. The minimum atomic E-state index is -0.926. The number of fused-ring (bicyclic) bond motifs is 1. The first-order chi connectivity index (χ1) is 17.9. The molecule has 2 N–H and O–H groups in total. The molecule has 1 saturated heterocycles. The molecular weight excluding hydrogens is 494 g/mol. The van der Waals surface area contributed by atoms with Crippen molar-refractivity contribution in [2.75, 3.05) is 31.1 Å². The number of carboxylic acid groups (broad SMARTS) is 1. The Morgan fingerprint density at radius 3 is 2.43 bits per heavy atom. The SMILES string of the molecule is O=C(NCc1cn(-c2ccccc2)c2cc(Cl)ccc2c1=O)c1ccc(N2CCN(C(=O)O)CC2)nc1. The average molecular weight is 518 g/mol. The molecule has 1 fully saturated rings. The van der Waals surface area contributed by atoms with Crippen LogP contribution in [0.2, 0.25) is 5.02 Å². The molecule has 1 aliphatic heterocycles. The van der Waals surface area contributed by atoms with Crippen molar-refractivity contribution in [1.29, 1.82) is 0 Å². The van der Waals surface area contributed by atoms with Crippen LogP contribution >= 0.6 is 11.6 Å². The Kier molecular flexibility index (Phi) is 6.78. The van der Waals surface area contributed by atoms with Crippen molar-refractivity contribution in [1.82, 2.24) is 19.8 Å². The molecule has 2 amide bonds. The predicted molar refractivity (Wildman–Crippen MR) is 142 cm³/mol. The molecule has 10 heteroatoms. The summed E-state index contributed by atoms with van der Waals surface area (Å²) in [6.07, 6.45) is 2.29. The maximum Gasteiger partial charge on any atom is 0.407 e. The van der Waals surface area contributed by atoms with Gasteiger partial charge in [-0.3, -0.25) is 9.59 Å². The van der Waals surface area contributed by atoms with Crippen molar-refractivity contribution >= 4 is 40.3 Å². The van der Waals surface area contributed by atoms with E-state index in [4.69, 9.17) is 16.7 Å². The summed E-state index contributed by atoms with van der Waals surface area (Å²) in [6, 6.07) is 18.1. The van der Waals surface area contributed by atoms with Crippen molar-refractivity contribution in [3.63, 3.8) is 0 Å². The smallest absolute Gasteiger partial charge is 0.407 e. The van der Waals surface area contributed by atoms with Crippen LogP contribution in [0.25, 0.3) is 16.6 Å². The van der Waals surface area contributed by atoms with Gasteiger partial charge in [-0.25, -0.2) is 9.78 Å². The number of piperazine rings is 1. The number of para-hydroxylation sites is 1. The fourth-order valence-electron chi connectivity index (χ4n) is 4.39. The zero-order chi connectivity index (χ0) is 25.9. The lowest BCUT2D eigenvalue weighted by Crippen LogP contribution is -2.48. The largest absolute Gasteiger partial charge is 0.465 e. The number of pyridine rings is 2. The third-order valence-corrected chi connectivity index (χ3v) is 6.63. The molecule has 188 valence electrons. The first-order valence-electron chi connectivity index (χ1n) is 11.8. The molecule has 0 atom stereocenters. The Bertz CT molecular complexity index is 1510. The number of benzene rings is 2. The highest BCUT2D eigenvalue weighted by Gasteiger charge is 2.21. The lowest BCUT2D eigenvalue weighted by Gasteiger charge is -2.33. The third-order valence-electron chi connectivity index (χ3n) is 6.40. The molecule has 2 aromatic carbocycles. The van der Waals surface area contributed by atoms with Crippen LogP contribution < -0.4 is 15.6 Å². The highest BCUT2D eigenvalue weighted by molar-refractivity contribution is 6.31. The van der Waals surface area contributed by atoms with Crippen LogP contribution in [0.3, 0.4) is 0 Å². The van der Waals surface area contributed by atoms with Gasteiger partial charge < -0.3 is 24.8 Å². The van der Waals surface area contributed by atoms with E-state index >= 15 is 0 Å². The van der Waals surface area contributed by atoms with Gasteiger partial charge in [0.05, 0.1) is 11.1 Å². The first-order valence-corrected chi connectivity index (χ1v) is 12.1. The van der Waals surface area contributed by atoms with Gasteiger partial charge in [0.2, 0.25) is 0 Å². The second-order valence-corrected chi connectivity index (χ2v) is 9.13. The fraction of sp³-hybridized carbons (Fsp3) is 0.185. The molecule has 1 aliphatic rings. The molecule has 0 spiro atoms. The maximum atomic E-state index is 13.2. The van der Waals surface area contributed by atoms with Gasteiger partial charge in [-0.05, 0) is 42.5 Å². The second kappa shape index (κ2) is 10.3. The molecular formula is C27H24ClN5O4. The van der Waals surface area contributed by atoms with Gasteiger partial charge in [0.25, 0.3) is 5.91 Å². The summed E-state index contributed by atoms with van der Waals surface area (Å²) in [7, 11) is 0. The van der Waals surface area contributed by atoms with E-state index < -0.39 is 6.09 Å². The van der Waals surface area contributed by atoms with Crippen LogP contribution in [0, 0.1) is 0 Å². The van der Waals surface area contributed by atoms with Crippen LogP contribution in [-0.2, 0) is 6.54 Å². The molecule has 0 radical (unpaired) electrons. The minimum absolute atomic E-state index is 0.0436. The molecule has 0 bridgehead atoms. The number of aromatic nitrogens is 2. The number of carbonyl (C=O) groups excluding carboxylic acids is 1. The van der Waals surface area contributed by atoms with Crippen molar-refractivity contribution in [2.24, 2.45) is 0 Å². The van der Waals surface area contributed by atoms with Gasteiger partial charge in [-0.1, -0.05) is 29.8 Å². The summed E-state index contributed by atoms with van der Waals surface area (Å²) in [6.45, 7) is 1.91. The van der Waals surface area contributed by atoms with Gasteiger partial charge in [-0.2, -0.15) is 0 Å². The number of hydrogen-bond donors (Lipinski definition) is 2. The zero-order valence-electron chi connectivity index (χ0n) is 19.8. The van der Waals surface area contributed by atoms with Crippen molar-refractivity contribution < 1.29 is 14.7 Å². The number of amides is 2. The first kappa shape index (κ1) is 24.3. The third kappa shape index (κ3) is 5.12. The van der Waals surface area contributed by atoms with E-state index in [0.717, 1.165) is 5.69 Å². The van der Waals surface area contributed by atoms with Crippen LogP contribution in [0.1, 0.15) is 15.9 Å². The molecule has 2 aromatic heterocycles. The standard InChI is InChI=1S/C27H24ClN5O4/c28-20-7-8-22-23(14-20)33(21-4-2-1-3-5-21)17-19(25(22)34)16-30-26(35)18-6-9-24(29-15-18)31-10-12-32(13-11-31)27(36)37/h1-9,14-15,17H,10-13,16H2,(H,30,35)(H,36,37). The number of nitrogens with zero attached hydrogens (tertiary/aromatic N) is 4. The number of hydrogen-bond acceptors (Lipinski definition) is 5. The van der Waals surface area contributed by atoms with E-state index in [0.29, 0.717) is 59.0 Å². The Labute approximate surface area is 217 Å². The fourth-order valence-corrected chi connectivity index (χ4v) is 4.56. The highest BCUT2D eigenvalue weighted by Crippen LogP contribution is 2.21. The van der Waals surface area contributed by atoms with Crippen LogP contribution in [0.4, 0.5) is 10.6 Å². The number of rotatable bonds is 5. The van der Waals surface area contributed by atoms with Gasteiger partial charge in [-0.15, -0.1) is 0 Å². The van der Waals surface area contributed by atoms with E-state index in [9.17, 15) is 14.4 Å².